The minimum atomic E-state index is -0.407. The average Bonchev–Trinajstić information content (AvgIpc) is 2.88. The molecule has 0 saturated carbocycles. The molecule has 0 unspecified atom stereocenters. The maximum absolute atomic E-state index is 11.8. The molecule has 1 aromatic heterocycles. The first kappa shape index (κ1) is 16.3. The third-order valence-corrected chi connectivity index (χ3v) is 4.49. The van der Waals surface area contributed by atoms with Gasteiger partial charge in [-0.15, -0.1) is 0 Å². The van der Waals surface area contributed by atoms with Gasteiger partial charge in [-0.3, -0.25) is 4.79 Å². The average molecular weight is 339 g/mol. The van der Waals surface area contributed by atoms with Gasteiger partial charge < -0.3 is 10.3 Å². The monoisotopic (exact) mass is 338 g/mol. The third kappa shape index (κ3) is 3.22. The highest BCUT2D eigenvalue weighted by molar-refractivity contribution is 6.30. The number of aryl methyl sites for hydroxylation is 1. The summed E-state index contributed by atoms with van der Waals surface area (Å²) in [6.45, 7) is 4.63. The van der Waals surface area contributed by atoms with Crippen molar-refractivity contribution in [3.05, 3.63) is 82.0 Å². The molecule has 0 saturated heterocycles. The van der Waals surface area contributed by atoms with E-state index in [1.807, 2.05) is 37.3 Å². The van der Waals surface area contributed by atoms with Gasteiger partial charge in [0.05, 0.1) is 5.56 Å². The van der Waals surface area contributed by atoms with Gasteiger partial charge in [-0.25, -0.2) is 0 Å². The van der Waals surface area contributed by atoms with Crippen LogP contribution in [0.1, 0.15) is 27.2 Å². The van der Waals surface area contributed by atoms with Crippen molar-refractivity contribution < 1.29 is 4.79 Å². The highest BCUT2D eigenvalue weighted by atomic mass is 35.5. The first-order valence-corrected chi connectivity index (χ1v) is 8.15. The number of carbonyl (C=O) groups excluding carboxylic acids is 1. The van der Waals surface area contributed by atoms with E-state index >= 15 is 0 Å². The number of halogens is 1. The highest BCUT2D eigenvalue weighted by Crippen LogP contribution is 2.27. The molecule has 3 nitrogen and oxygen atoms in total. The molecule has 4 heteroatoms. The number of hydrogen-bond donors (Lipinski definition) is 1. The van der Waals surface area contributed by atoms with Gasteiger partial charge >= 0.3 is 0 Å². The second-order valence-corrected chi connectivity index (χ2v) is 6.41. The van der Waals surface area contributed by atoms with Gasteiger partial charge in [0.15, 0.2) is 0 Å². The van der Waals surface area contributed by atoms with Crippen LogP contribution in [0.25, 0.3) is 11.3 Å². The smallest absolute Gasteiger partial charge is 0.250 e. The predicted octanol–water partition coefficient (Wildman–Crippen LogP) is 4.57. The number of nitrogens with two attached hydrogens (primary N) is 1. The van der Waals surface area contributed by atoms with Crippen LogP contribution in [0.5, 0.6) is 0 Å². The lowest BCUT2D eigenvalue weighted by molar-refractivity contribution is 0.0999. The molecule has 1 amide bonds. The lowest BCUT2D eigenvalue weighted by Crippen LogP contribution is -2.12. The van der Waals surface area contributed by atoms with Crippen LogP contribution >= 0.6 is 11.6 Å². The zero-order chi connectivity index (χ0) is 17.3. The van der Waals surface area contributed by atoms with Gasteiger partial charge in [0.25, 0.3) is 5.91 Å². The van der Waals surface area contributed by atoms with Gasteiger partial charge in [0.1, 0.15) is 0 Å². The lowest BCUT2D eigenvalue weighted by atomic mass is 10.1. The fraction of sp³-hybridized carbons (Fsp3) is 0.150. The molecule has 1 heterocycles. The molecule has 0 radical (unpaired) electrons. The number of primary amides is 1. The summed E-state index contributed by atoms with van der Waals surface area (Å²) in [5.41, 5.74) is 11.3. The van der Waals surface area contributed by atoms with Crippen molar-refractivity contribution >= 4 is 17.5 Å². The Morgan fingerprint density at radius 2 is 1.67 bits per heavy atom. The Morgan fingerprint density at radius 3 is 2.25 bits per heavy atom. The summed E-state index contributed by atoms with van der Waals surface area (Å²) < 4.78 is 2.12. The van der Waals surface area contributed by atoms with E-state index in [2.05, 4.69) is 35.8 Å². The number of hydrogen-bond acceptors (Lipinski definition) is 1. The molecule has 0 atom stereocenters. The molecule has 0 fully saturated rings. The maximum atomic E-state index is 11.8. The van der Waals surface area contributed by atoms with Crippen LogP contribution in [0.2, 0.25) is 5.02 Å². The molecular formula is C20H19ClN2O. The first-order chi connectivity index (χ1) is 11.5. The SMILES string of the molecule is Cc1ccc(-c2cc(C(N)=O)c(C)n2Cc2ccc(Cl)cc2)cc1. The van der Waals surface area contributed by atoms with Crippen molar-refractivity contribution in [2.75, 3.05) is 0 Å². The lowest BCUT2D eigenvalue weighted by Gasteiger charge is -2.13. The Morgan fingerprint density at radius 1 is 1.04 bits per heavy atom. The molecule has 2 aromatic carbocycles. The normalized spacial score (nSPS) is 10.8. The van der Waals surface area contributed by atoms with E-state index in [0.717, 1.165) is 22.5 Å². The van der Waals surface area contributed by atoms with E-state index in [9.17, 15) is 4.79 Å². The van der Waals surface area contributed by atoms with Gasteiger partial charge in [-0.2, -0.15) is 0 Å². The van der Waals surface area contributed by atoms with Gasteiger partial charge in [0, 0.05) is 23.0 Å². The van der Waals surface area contributed by atoms with Crippen LogP contribution in [0.4, 0.5) is 0 Å². The Hall–Kier alpha value is -2.52. The van der Waals surface area contributed by atoms with Crippen LogP contribution in [-0.2, 0) is 6.54 Å². The largest absolute Gasteiger partial charge is 0.366 e. The van der Waals surface area contributed by atoms with Crippen LogP contribution < -0.4 is 5.73 Å². The quantitative estimate of drug-likeness (QED) is 0.744. The molecule has 3 aromatic rings. The summed E-state index contributed by atoms with van der Waals surface area (Å²) in [6, 6.07) is 17.9. The van der Waals surface area contributed by atoms with Crippen molar-refractivity contribution in [2.45, 2.75) is 20.4 Å². The summed E-state index contributed by atoms with van der Waals surface area (Å²) in [5.74, 6) is -0.407. The molecule has 0 bridgehead atoms. The van der Waals surface area contributed by atoms with E-state index < -0.39 is 5.91 Å². The van der Waals surface area contributed by atoms with E-state index in [1.165, 1.54) is 5.56 Å². The molecule has 0 aliphatic heterocycles. The summed E-state index contributed by atoms with van der Waals surface area (Å²) >= 11 is 5.97. The molecular weight excluding hydrogens is 320 g/mol. The molecule has 3 rings (SSSR count). The first-order valence-electron chi connectivity index (χ1n) is 7.77. The predicted molar refractivity (Wildman–Crippen MR) is 98.4 cm³/mol. The minimum Gasteiger partial charge on any atom is -0.366 e. The van der Waals surface area contributed by atoms with E-state index in [-0.39, 0.29) is 0 Å². The summed E-state index contributed by atoms with van der Waals surface area (Å²) in [4.78, 5) is 11.8. The summed E-state index contributed by atoms with van der Waals surface area (Å²) in [5, 5.41) is 0.708. The van der Waals surface area contributed by atoms with Crippen molar-refractivity contribution in [2.24, 2.45) is 5.73 Å². The van der Waals surface area contributed by atoms with Crippen molar-refractivity contribution in [1.82, 2.24) is 4.57 Å². The van der Waals surface area contributed by atoms with Crippen LogP contribution in [0, 0.1) is 13.8 Å². The van der Waals surface area contributed by atoms with E-state index in [1.54, 1.807) is 0 Å². The molecule has 0 aliphatic carbocycles. The number of rotatable bonds is 4. The fourth-order valence-corrected chi connectivity index (χ4v) is 2.96. The van der Waals surface area contributed by atoms with Crippen LogP contribution in [-0.4, -0.2) is 10.5 Å². The Labute approximate surface area is 146 Å². The fourth-order valence-electron chi connectivity index (χ4n) is 2.83. The Kier molecular flexibility index (Phi) is 4.45. The summed E-state index contributed by atoms with van der Waals surface area (Å²) in [6.07, 6.45) is 0. The van der Waals surface area contributed by atoms with Crippen LogP contribution in [0.3, 0.4) is 0 Å². The zero-order valence-electron chi connectivity index (χ0n) is 13.7. The zero-order valence-corrected chi connectivity index (χ0v) is 14.5. The molecule has 122 valence electrons. The Balaban J connectivity index is 2.10. The standard InChI is InChI=1S/C20H19ClN2O/c1-13-3-7-16(8-4-13)19-11-18(20(22)24)14(2)23(19)12-15-5-9-17(21)10-6-15/h3-11H,12H2,1-2H3,(H2,22,24). The number of aromatic nitrogens is 1. The number of carbonyl (C=O) groups is 1. The van der Waals surface area contributed by atoms with Crippen molar-refractivity contribution in [3.63, 3.8) is 0 Å². The topological polar surface area (TPSA) is 48.0 Å². The maximum Gasteiger partial charge on any atom is 0.250 e. The van der Waals surface area contributed by atoms with E-state index in [0.29, 0.717) is 17.1 Å². The van der Waals surface area contributed by atoms with E-state index in [4.69, 9.17) is 17.3 Å². The number of amides is 1. The third-order valence-electron chi connectivity index (χ3n) is 4.23. The summed E-state index contributed by atoms with van der Waals surface area (Å²) in [7, 11) is 0. The van der Waals surface area contributed by atoms with Gasteiger partial charge in [-0.1, -0.05) is 53.6 Å². The van der Waals surface area contributed by atoms with Crippen molar-refractivity contribution in [1.29, 1.82) is 0 Å². The molecule has 24 heavy (non-hydrogen) atoms. The molecule has 2 N–H and O–H groups in total. The second-order valence-electron chi connectivity index (χ2n) is 5.97. The molecule has 0 aliphatic rings. The van der Waals surface area contributed by atoms with Crippen molar-refractivity contribution in [3.8, 4) is 11.3 Å². The van der Waals surface area contributed by atoms with Crippen LogP contribution in [0.15, 0.2) is 54.6 Å². The highest BCUT2D eigenvalue weighted by Gasteiger charge is 2.16. The van der Waals surface area contributed by atoms with Gasteiger partial charge in [0.2, 0.25) is 0 Å². The Bertz CT molecular complexity index is 877. The number of benzene rings is 2. The van der Waals surface area contributed by atoms with Gasteiger partial charge in [-0.05, 0) is 43.2 Å². The molecule has 0 spiro atoms. The second kappa shape index (κ2) is 6.54. The number of nitrogens with zero attached hydrogens (tertiary/aromatic N) is 1. The minimum absolute atomic E-state index is 0.407.